The van der Waals surface area contributed by atoms with Gasteiger partial charge in [-0.2, -0.15) is 0 Å². The fourth-order valence-electron chi connectivity index (χ4n) is 7.80. The highest BCUT2D eigenvalue weighted by molar-refractivity contribution is 7.92. The first-order valence-electron chi connectivity index (χ1n) is 16.6. The summed E-state index contributed by atoms with van der Waals surface area (Å²) in [6.07, 6.45) is 5.91. The minimum absolute atomic E-state index is 0.0327. The number of aliphatic hydroxyl groups is 3. The van der Waals surface area contributed by atoms with Crippen molar-refractivity contribution in [3.05, 3.63) is 30.3 Å². The summed E-state index contributed by atoms with van der Waals surface area (Å²) >= 11 is 0. The topological polar surface area (TPSA) is 104 Å². The molecule has 0 heterocycles. The van der Waals surface area contributed by atoms with Crippen molar-refractivity contribution >= 4 is 18.2 Å². The minimum Gasteiger partial charge on any atom is -0.414 e. The highest BCUT2D eigenvalue weighted by atomic mass is 32.2. The number of rotatable bonds is 13. The van der Waals surface area contributed by atoms with Gasteiger partial charge in [-0.1, -0.05) is 58.7 Å². The number of fused-ring (bicyclic) bond motifs is 1. The van der Waals surface area contributed by atoms with Crippen LogP contribution >= 0.6 is 0 Å². The van der Waals surface area contributed by atoms with Gasteiger partial charge in [0.05, 0.1) is 27.5 Å². The van der Waals surface area contributed by atoms with E-state index in [9.17, 15) is 23.7 Å². The van der Waals surface area contributed by atoms with E-state index in [-0.39, 0.29) is 39.7 Å². The number of sulfone groups is 1. The second kappa shape index (κ2) is 13.1. The molecule has 0 radical (unpaired) electrons. The molecule has 0 bridgehead atoms. The molecule has 2 aliphatic carbocycles. The molecule has 7 atom stereocenters. The molecule has 3 N–H and O–H groups in total. The fourth-order valence-corrected chi connectivity index (χ4v) is 11.3. The zero-order chi connectivity index (χ0) is 32.6. The first-order valence-corrected chi connectivity index (χ1v) is 21.1. The SMILES string of the molecule is CC(C)(O)CCC[C@H](C1CCC2[C@@H](O[Si](C)(C)C(C)(C)C)CCC[C@]12C)C(CC(O)C(C)(C)O)S(=O)(=O)c1ccccc1. The summed E-state index contributed by atoms with van der Waals surface area (Å²) in [6, 6.07) is 8.60. The highest BCUT2D eigenvalue weighted by Crippen LogP contribution is 2.61. The Morgan fingerprint density at radius 2 is 1.60 bits per heavy atom. The van der Waals surface area contributed by atoms with E-state index in [1.54, 1.807) is 52.0 Å². The van der Waals surface area contributed by atoms with Crippen LogP contribution in [0.15, 0.2) is 35.2 Å². The lowest BCUT2D eigenvalue weighted by Crippen LogP contribution is -2.51. The predicted molar refractivity (Wildman–Crippen MR) is 178 cm³/mol. The fraction of sp³-hybridized carbons (Fsp3) is 0.829. The average Bonchev–Trinajstić information content (AvgIpc) is 3.21. The van der Waals surface area contributed by atoms with Crippen LogP contribution in [0.5, 0.6) is 0 Å². The quantitative estimate of drug-likeness (QED) is 0.193. The summed E-state index contributed by atoms with van der Waals surface area (Å²) in [5.74, 6) is 0.255. The summed E-state index contributed by atoms with van der Waals surface area (Å²) in [7, 11) is -5.84. The Hall–Kier alpha value is -0.773. The third-order valence-electron chi connectivity index (χ3n) is 11.4. The molecule has 0 aliphatic heterocycles. The van der Waals surface area contributed by atoms with Crippen LogP contribution < -0.4 is 0 Å². The molecule has 248 valence electrons. The van der Waals surface area contributed by atoms with Crippen LogP contribution in [0.1, 0.15) is 113 Å². The first-order chi connectivity index (χ1) is 19.5. The van der Waals surface area contributed by atoms with Gasteiger partial charge in [-0.15, -0.1) is 0 Å². The summed E-state index contributed by atoms with van der Waals surface area (Å²) in [5, 5.41) is 31.8. The van der Waals surface area contributed by atoms with Crippen LogP contribution in [-0.2, 0) is 14.3 Å². The summed E-state index contributed by atoms with van der Waals surface area (Å²) in [5.41, 5.74) is -2.37. The Morgan fingerprint density at radius 3 is 2.14 bits per heavy atom. The molecular weight excluding hydrogens is 577 g/mol. The number of benzene rings is 1. The van der Waals surface area contributed by atoms with E-state index in [1.165, 1.54) is 0 Å². The van der Waals surface area contributed by atoms with Gasteiger partial charge in [0.15, 0.2) is 18.2 Å². The molecule has 8 heteroatoms. The predicted octanol–water partition coefficient (Wildman–Crippen LogP) is 7.52. The summed E-state index contributed by atoms with van der Waals surface area (Å²) in [6.45, 7) is 20.6. The second-order valence-electron chi connectivity index (χ2n) is 16.8. The molecule has 0 saturated heterocycles. The highest BCUT2D eigenvalue weighted by Gasteiger charge is 2.57. The molecule has 1 aromatic carbocycles. The van der Waals surface area contributed by atoms with Crippen LogP contribution in [0.2, 0.25) is 18.1 Å². The first kappa shape index (κ1) is 36.7. The van der Waals surface area contributed by atoms with Gasteiger partial charge in [-0.25, -0.2) is 8.42 Å². The monoisotopic (exact) mass is 638 g/mol. The van der Waals surface area contributed by atoms with Crippen molar-refractivity contribution in [3.63, 3.8) is 0 Å². The lowest BCUT2D eigenvalue weighted by Gasteiger charge is -2.51. The Balaban J connectivity index is 2.08. The summed E-state index contributed by atoms with van der Waals surface area (Å²) in [4.78, 5) is 0.262. The molecule has 2 saturated carbocycles. The van der Waals surface area contributed by atoms with Crippen LogP contribution in [0.25, 0.3) is 0 Å². The van der Waals surface area contributed by atoms with Crippen molar-refractivity contribution < 1.29 is 28.2 Å². The Kier molecular flexibility index (Phi) is 11.2. The van der Waals surface area contributed by atoms with Gasteiger partial charge in [0, 0.05) is 6.10 Å². The molecule has 0 amide bonds. The van der Waals surface area contributed by atoms with Crippen molar-refractivity contribution in [2.24, 2.45) is 23.2 Å². The Bertz CT molecular complexity index is 1150. The molecule has 43 heavy (non-hydrogen) atoms. The maximum absolute atomic E-state index is 14.5. The van der Waals surface area contributed by atoms with Gasteiger partial charge in [-0.05, 0) is 126 Å². The molecule has 6 nitrogen and oxygen atoms in total. The van der Waals surface area contributed by atoms with Crippen molar-refractivity contribution in [1.82, 2.24) is 0 Å². The smallest absolute Gasteiger partial charge is 0.192 e. The van der Waals surface area contributed by atoms with Crippen molar-refractivity contribution in [3.8, 4) is 0 Å². The molecule has 0 aromatic heterocycles. The molecule has 2 fully saturated rings. The largest absolute Gasteiger partial charge is 0.414 e. The van der Waals surface area contributed by atoms with Crippen molar-refractivity contribution in [2.75, 3.05) is 0 Å². The zero-order valence-electron chi connectivity index (χ0n) is 28.7. The van der Waals surface area contributed by atoms with Crippen molar-refractivity contribution in [2.45, 2.75) is 165 Å². The third kappa shape index (κ3) is 8.53. The second-order valence-corrected chi connectivity index (χ2v) is 23.7. The third-order valence-corrected chi connectivity index (χ3v) is 18.2. The number of hydrogen-bond acceptors (Lipinski definition) is 6. The van der Waals surface area contributed by atoms with E-state index in [0.29, 0.717) is 25.2 Å². The molecule has 2 aliphatic rings. The van der Waals surface area contributed by atoms with Crippen LogP contribution in [0, 0.1) is 23.2 Å². The van der Waals surface area contributed by atoms with E-state index in [0.717, 1.165) is 32.1 Å². The van der Waals surface area contributed by atoms with E-state index < -0.39 is 40.7 Å². The van der Waals surface area contributed by atoms with Gasteiger partial charge in [0.1, 0.15) is 0 Å². The average molecular weight is 639 g/mol. The van der Waals surface area contributed by atoms with Crippen LogP contribution in [0.3, 0.4) is 0 Å². The van der Waals surface area contributed by atoms with Gasteiger partial charge in [0.2, 0.25) is 0 Å². The van der Waals surface area contributed by atoms with Gasteiger partial charge in [0.25, 0.3) is 0 Å². The number of hydrogen-bond donors (Lipinski definition) is 3. The lowest BCUT2D eigenvalue weighted by atomic mass is 9.60. The van der Waals surface area contributed by atoms with E-state index in [4.69, 9.17) is 4.43 Å². The zero-order valence-corrected chi connectivity index (χ0v) is 30.5. The molecule has 4 unspecified atom stereocenters. The number of aliphatic hydroxyl groups excluding tert-OH is 1. The lowest BCUT2D eigenvalue weighted by molar-refractivity contribution is -0.0583. The normalized spacial score (nSPS) is 27.9. The van der Waals surface area contributed by atoms with Crippen molar-refractivity contribution in [1.29, 1.82) is 0 Å². The summed E-state index contributed by atoms with van der Waals surface area (Å²) < 4.78 is 36.1. The molecular formula is C35H62O6SSi. The van der Waals surface area contributed by atoms with E-state index in [2.05, 4.69) is 40.8 Å². The van der Waals surface area contributed by atoms with E-state index >= 15 is 0 Å². The van der Waals surface area contributed by atoms with Gasteiger partial charge in [-0.3, -0.25) is 0 Å². The molecule has 1 aromatic rings. The van der Waals surface area contributed by atoms with E-state index in [1.807, 2.05) is 6.07 Å². The van der Waals surface area contributed by atoms with Crippen LogP contribution in [0.4, 0.5) is 0 Å². The standard InChI is InChI=1S/C35H62O6SSi/c1-32(2,3)43(9,10)41-29-19-15-23-35(8)27(20-21-28(29)35)26(18-14-22-33(4,5)37)30(24-31(36)34(6,7)38)42(39,40)25-16-12-11-13-17-25/h11-13,16-17,26-31,36-38H,14-15,18-24H2,1-10H3/t26-,27?,28?,29+,30?,31?,35-/m1/s1. The Labute approximate surface area is 264 Å². The van der Waals surface area contributed by atoms with Gasteiger partial charge < -0.3 is 19.7 Å². The minimum atomic E-state index is -3.84. The Morgan fingerprint density at radius 1 is 1.00 bits per heavy atom. The molecule has 0 spiro atoms. The maximum atomic E-state index is 14.5. The maximum Gasteiger partial charge on any atom is 0.192 e. The molecule has 3 rings (SSSR count). The van der Waals surface area contributed by atoms with Crippen LogP contribution in [-0.4, -0.2) is 60.7 Å². The van der Waals surface area contributed by atoms with Gasteiger partial charge >= 0.3 is 0 Å².